The van der Waals surface area contributed by atoms with Crippen molar-refractivity contribution in [2.75, 3.05) is 0 Å². The zero-order valence-corrected chi connectivity index (χ0v) is 9.70. The number of aromatic nitrogens is 2. The highest BCUT2D eigenvalue weighted by Crippen LogP contribution is 2.23. The molecule has 0 radical (unpaired) electrons. The molecule has 2 aromatic rings. The third kappa shape index (κ3) is 2.76. The van der Waals surface area contributed by atoms with Gasteiger partial charge in [-0.2, -0.15) is 4.98 Å². The zero-order chi connectivity index (χ0) is 11.4. The second-order valence-corrected chi connectivity index (χ2v) is 4.29. The maximum absolute atomic E-state index is 9.13. The number of benzene rings is 1. The average Bonchev–Trinajstić information content (AvgIpc) is 2.76. The van der Waals surface area contributed by atoms with Gasteiger partial charge in [0, 0.05) is 11.3 Å². The lowest BCUT2D eigenvalue weighted by atomic mass is 10.3. The Labute approximate surface area is 97.7 Å². The molecule has 16 heavy (non-hydrogen) atoms. The number of rotatable bonds is 4. The molecule has 5 heteroatoms. The fraction of sp³-hybridized carbons (Fsp3) is 0.273. The molecule has 1 N–H and O–H groups in total. The lowest BCUT2D eigenvalue weighted by molar-refractivity contribution is 0.378. The van der Waals surface area contributed by atoms with Crippen LogP contribution in [-0.4, -0.2) is 15.2 Å². The number of hydrogen-bond acceptors (Lipinski definition) is 5. The zero-order valence-electron chi connectivity index (χ0n) is 8.88. The minimum Gasteiger partial charge on any atom is -0.508 e. The molecule has 1 heterocycles. The van der Waals surface area contributed by atoms with E-state index in [-0.39, 0.29) is 5.75 Å². The van der Waals surface area contributed by atoms with Crippen LogP contribution in [0.5, 0.6) is 5.75 Å². The molecule has 0 amide bonds. The largest absolute Gasteiger partial charge is 0.508 e. The first-order valence-electron chi connectivity index (χ1n) is 5.01. The summed E-state index contributed by atoms with van der Waals surface area (Å²) in [5, 5.41) is 13.0. The van der Waals surface area contributed by atoms with E-state index < -0.39 is 0 Å². The third-order valence-electron chi connectivity index (χ3n) is 2.02. The van der Waals surface area contributed by atoms with Gasteiger partial charge in [0.15, 0.2) is 5.82 Å². The fourth-order valence-electron chi connectivity index (χ4n) is 1.18. The van der Waals surface area contributed by atoms with Gasteiger partial charge in [-0.3, -0.25) is 0 Å². The van der Waals surface area contributed by atoms with E-state index in [0.29, 0.717) is 17.5 Å². The number of aryl methyl sites for hydroxylation is 1. The van der Waals surface area contributed by atoms with E-state index in [1.807, 2.05) is 19.1 Å². The molecule has 0 unspecified atom stereocenters. The lowest BCUT2D eigenvalue weighted by Gasteiger charge is -1.97. The predicted molar refractivity (Wildman–Crippen MR) is 61.3 cm³/mol. The summed E-state index contributed by atoms with van der Waals surface area (Å²) in [6, 6.07) is 7.05. The highest BCUT2D eigenvalue weighted by atomic mass is 32.2. The molecular weight excluding hydrogens is 224 g/mol. The quantitative estimate of drug-likeness (QED) is 0.827. The van der Waals surface area contributed by atoms with E-state index in [9.17, 15) is 0 Å². The number of nitrogens with zero attached hydrogens (tertiary/aromatic N) is 2. The Morgan fingerprint density at radius 1 is 1.31 bits per heavy atom. The van der Waals surface area contributed by atoms with E-state index in [1.165, 1.54) is 0 Å². The van der Waals surface area contributed by atoms with Gasteiger partial charge in [-0.1, -0.05) is 12.1 Å². The van der Waals surface area contributed by atoms with Crippen molar-refractivity contribution in [3.05, 3.63) is 36.0 Å². The molecule has 0 bridgehead atoms. The van der Waals surface area contributed by atoms with Gasteiger partial charge >= 0.3 is 0 Å². The minimum atomic E-state index is 0.275. The van der Waals surface area contributed by atoms with Gasteiger partial charge in [-0.05, 0) is 24.3 Å². The molecule has 2 rings (SSSR count). The summed E-state index contributed by atoms with van der Waals surface area (Å²) in [6.07, 6.45) is 0.761. The van der Waals surface area contributed by atoms with Crippen molar-refractivity contribution in [3.63, 3.8) is 0 Å². The molecule has 1 aromatic heterocycles. The van der Waals surface area contributed by atoms with Crippen molar-refractivity contribution in [2.24, 2.45) is 0 Å². The summed E-state index contributed by atoms with van der Waals surface area (Å²) in [7, 11) is 0. The van der Waals surface area contributed by atoms with Gasteiger partial charge < -0.3 is 9.63 Å². The molecule has 0 fully saturated rings. The SMILES string of the molecule is CCc1nc(CSc2ccc(O)cc2)no1. The molecule has 0 saturated heterocycles. The maximum atomic E-state index is 9.13. The molecule has 1 aromatic carbocycles. The monoisotopic (exact) mass is 236 g/mol. The lowest BCUT2D eigenvalue weighted by Crippen LogP contribution is -1.84. The van der Waals surface area contributed by atoms with Crippen molar-refractivity contribution in [3.8, 4) is 5.75 Å². The van der Waals surface area contributed by atoms with Gasteiger partial charge in [0.2, 0.25) is 5.89 Å². The van der Waals surface area contributed by atoms with Crippen LogP contribution in [0.4, 0.5) is 0 Å². The van der Waals surface area contributed by atoms with E-state index >= 15 is 0 Å². The smallest absolute Gasteiger partial charge is 0.226 e. The van der Waals surface area contributed by atoms with Gasteiger partial charge in [-0.15, -0.1) is 11.8 Å². The molecular formula is C11H12N2O2S. The Bertz CT molecular complexity index is 453. The molecule has 0 saturated carbocycles. The number of phenolic OH excluding ortho intramolecular Hbond substituents is 1. The number of phenols is 1. The summed E-state index contributed by atoms with van der Waals surface area (Å²) in [4.78, 5) is 5.28. The number of hydrogen-bond donors (Lipinski definition) is 1. The normalized spacial score (nSPS) is 10.6. The van der Waals surface area contributed by atoms with Gasteiger partial charge in [0.1, 0.15) is 5.75 Å². The van der Waals surface area contributed by atoms with Crippen LogP contribution in [0, 0.1) is 0 Å². The second kappa shape index (κ2) is 5.03. The average molecular weight is 236 g/mol. The Hall–Kier alpha value is -1.49. The standard InChI is InChI=1S/C11H12N2O2S/c1-2-11-12-10(13-15-11)7-16-9-5-3-8(14)4-6-9/h3-6,14H,2,7H2,1H3. The van der Waals surface area contributed by atoms with Crippen molar-refractivity contribution < 1.29 is 9.63 Å². The van der Waals surface area contributed by atoms with E-state index in [1.54, 1.807) is 23.9 Å². The maximum Gasteiger partial charge on any atom is 0.226 e. The van der Waals surface area contributed by atoms with Gasteiger partial charge in [0.25, 0.3) is 0 Å². The van der Waals surface area contributed by atoms with Crippen LogP contribution in [0.25, 0.3) is 0 Å². The van der Waals surface area contributed by atoms with Gasteiger partial charge in [-0.25, -0.2) is 0 Å². The summed E-state index contributed by atoms with van der Waals surface area (Å²) in [6.45, 7) is 1.98. The number of aromatic hydroxyl groups is 1. The van der Waals surface area contributed by atoms with E-state index in [4.69, 9.17) is 9.63 Å². The summed E-state index contributed by atoms with van der Waals surface area (Å²) in [5.74, 6) is 2.32. The summed E-state index contributed by atoms with van der Waals surface area (Å²) in [5.41, 5.74) is 0. The molecule has 0 atom stereocenters. The first-order valence-corrected chi connectivity index (χ1v) is 6.00. The topological polar surface area (TPSA) is 59.2 Å². The van der Waals surface area contributed by atoms with Gasteiger partial charge in [0.05, 0.1) is 5.75 Å². The highest BCUT2D eigenvalue weighted by Gasteiger charge is 2.04. The summed E-state index contributed by atoms with van der Waals surface area (Å²) >= 11 is 1.61. The Morgan fingerprint density at radius 2 is 2.06 bits per heavy atom. The molecule has 84 valence electrons. The molecule has 0 aliphatic heterocycles. The van der Waals surface area contributed by atoms with Crippen LogP contribution in [0.15, 0.2) is 33.7 Å². The van der Waals surface area contributed by atoms with Crippen LogP contribution in [-0.2, 0) is 12.2 Å². The minimum absolute atomic E-state index is 0.275. The molecule has 0 aliphatic carbocycles. The second-order valence-electron chi connectivity index (χ2n) is 3.24. The van der Waals surface area contributed by atoms with Crippen LogP contribution in [0.2, 0.25) is 0 Å². The summed E-state index contributed by atoms with van der Waals surface area (Å²) < 4.78 is 5.01. The first kappa shape index (κ1) is 11.0. The third-order valence-corrected chi connectivity index (χ3v) is 3.03. The first-order chi connectivity index (χ1) is 7.78. The van der Waals surface area contributed by atoms with E-state index in [0.717, 1.165) is 11.3 Å². The van der Waals surface area contributed by atoms with E-state index in [2.05, 4.69) is 10.1 Å². The van der Waals surface area contributed by atoms with Crippen LogP contribution in [0.3, 0.4) is 0 Å². The molecule has 0 spiro atoms. The van der Waals surface area contributed by atoms with Crippen molar-refractivity contribution in [1.29, 1.82) is 0 Å². The van der Waals surface area contributed by atoms with Crippen LogP contribution in [0.1, 0.15) is 18.6 Å². The molecule has 4 nitrogen and oxygen atoms in total. The Balaban J connectivity index is 1.94. The van der Waals surface area contributed by atoms with Crippen LogP contribution >= 0.6 is 11.8 Å². The fourth-order valence-corrected chi connectivity index (χ4v) is 1.92. The molecule has 0 aliphatic rings. The van der Waals surface area contributed by atoms with Crippen molar-refractivity contribution in [2.45, 2.75) is 24.0 Å². The van der Waals surface area contributed by atoms with Crippen molar-refractivity contribution in [1.82, 2.24) is 10.1 Å². The number of thioether (sulfide) groups is 1. The van der Waals surface area contributed by atoms with Crippen molar-refractivity contribution >= 4 is 11.8 Å². The Kier molecular flexibility index (Phi) is 3.46. The van der Waals surface area contributed by atoms with Crippen LogP contribution < -0.4 is 0 Å². The predicted octanol–water partition coefficient (Wildman–Crippen LogP) is 2.63. The highest BCUT2D eigenvalue weighted by molar-refractivity contribution is 7.98. The Morgan fingerprint density at radius 3 is 2.69 bits per heavy atom.